The van der Waals surface area contributed by atoms with Crippen molar-refractivity contribution in [2.75, 3.05) is 5.32 Å². The molecule has 0 bridgehead atoms. The molecule has 0 atom stereocenters. The van der Waals surface area contributed by atoms with E-state index in [0.717, 1.165) is 11.4 Å². The maximum absolute atomic E-state index is 3.70. The zero-order chi connectivity index (χ0) is 20.4. The van der Waals surface area contributed by atoms with E-state index >= 15 is 0 Å². The predicted molar refractivity (Wildman–Crippen MR) is 133 cm³/mol. The number of anilines is 2. The molecule has 1 nitrogen and oxygen atoms in total. The van der Waals surface area contributed by atoms with Crippen LogP contribution in [0.2, 0.25) is 0 Å². The summed E-state index contributed by atoms with van der Waals surface area (Å²) in [4.78, 5) is 0. The van der Waals surface area contributed by atoms with Gasteiger partial charge in [-0.2, -0.15) is 0 Å². The molecule has 1 heteroatoms. The van der Waals surface area contributed by atoms with Crippen molar-refractivity contribution in [3.8, 4) is 22.3 Å². The van der Waals surface area contributed by atoms with E-state index in [1.807, 2.05) is 0 Å². The van der Waals surface area contributed by atoms with E-state index in [1.165, 1.54) is 54.6 Å². The summed E-state index contributed by atoms with van der Waals surface area (Å²) in [6.45, 7) is 0. The number of hydrogen-bond donors (Lipinski definition) is 1. The summed E-state index contributed by atoms with van der Waals surface area (Å²) in [7, 11) is 0. The number of hydrogen-bond acceptors (Lipinski definition) is 1. The van der Waals surface area contributed by atoms with Crippen LogP contribution >= 0.6 is 0 Å². The SMILES string of the molecule is c1ccc2c(c1)-c1cccc3c(Nc4ccc5c(ccc6ccccc65)c4)ccc-2c13. The zero-order valence-corrected chi connectivity index (χ0v) is 16.9. The van der Waals surface area contributed by atoms with Crippen LogP contribution in [0.3, 0.4) is 0 Å². The fourth-order valence-corrected chi connectivity index (χ4v) is 5.16. The van der Waals surface area contributed by atoms with Crippen LogP contribution in [0.1, 0.15) is 0 Å². The third-order valence-electron chi connectivity index (χ3n) is 6.57. The normalized spacial score (nSPS) is 11.9. The molecule has 0 radical (unpaired) electrons. The van der Waals surface area contributed by atoms with Gasteiger partial charge in [-0.1, -0.05) is 91.0 Å². The molecule has 0 heterocycles. The van der Waals surface area contributed by atoms with E-state index in [4.69, 9.17) is 0 Å². The van der Waals surface area contributed by atoms with Crippen LogP contribution < -0.4 is 5.32 Å². The van der Waals surface area contributed by atoms with Gasteiger partial charge in [-0.05, 0) is 67.4 Å². The summed E-state index contributed by atoms with van der Waals surface area (Å²) in [5.74, 6) is 0. The Bertz CT molecular complexity index is 1630. The van der Waals surface area contributed by atoms with Crippen LogP contribution in [0.4, 0.5) is 11.4 Å². The average molecular weight is 393 g/mol. The minimum absolute atomic E-state index is 1.11. The van der Waals surface area contributed by atoms with Gasteiger partial charge in [0.2, 0.25) is 0 Å². The molecule has 0 spiro atoms. The van der Waals surface area contributed by atoms with Crippen LogP contribution in [0.15, 0.2) is 109 Å². The summed E-state index contributed by atoms with van der Waals surface area (Å²) >= 11 is 0. The summed E-state index contributed by atoms with van der Waals surface area (Å²) in [6.07, 6.45) is 0. The fourth-order valence-electron chi connectivity index (χ4n) is 5.16. The van der Waals surface area contributed by atoms with Crippen molar-refractivity contribution in [1.29, 1.82) is 0 Å². The molecular formula is C30H19N. The largest absolute Gasteiger partial charge is 0.355 e. The van der Waals surface area contributed by atoms with Crippen molar-refractivity contribution in [3.63, 3.8) is 0 Å². The molecular weight excluding hydrogens is 374 g/mol. The summed E-state index contributed by atoms with van der Waals surface area (Å²) in [6, 6.07) is 39.5. The molecule has 6 aromatic rings. The third-order valence-corrected chi connectivity index (χ3v) is 6.57. The highest BCUT2D eigenvalue weighted by molar-refractivity contribution is 6.18. The lowest BCUT2D eigenvalue weighted by molar-refractivity contribution is 1.61. The van der Waals surface area contributed by atoms with Crippen molar-refractivity contribution in [3.05, 3.63) is 109 Å². The van der Waals surface area contributed by atoms with E-state index in [-0.39, 0.29) is 0 Å². The highest BCUT2D eigenvalue weighted by Gasteiger charge is 2.21. The van der Waals surface area contributed by atoms with Gasteiger partial charge >= 0.3 is 0 Å². The van der Waals surface area contributed by atoms with E-state index in [1.54, 1.807) is 0 Å². The molecule has 31 heavy (non-hydrogen) atoms. The highest BCUT2D eigenvalue weighted by Crippen LogP contribution is 2.48. The van der Waals surface area contributed by atoms with Gasteiger partial charge in [0.1, 0.15) is 0 Å². The Kier molecular flexibility index (Phi) is 3.33. The van der Waals surface area contributed by atoms with Gasteiger partial charge in [0.15, 0.2) is 0 Å². The third kappa shape index (κ3) is 2.38. The van der Waals surface area contributed by atoms with Gasteiger partial charge in [-0.25, -0.2) is 0 Å². The molecule has 1 N–H and O–H groups in total. The van der Waals surface area contributed by atoms with Gasteiger partial charge in [0.25, 0.3) is 0 Å². The van der Waals surface area contributed by atoms with Crippen LogP contribution in [0.25, 0.3) is 54.6 Å². The molecule has 1 aliphatic carbocycles. The maximum atomic E-state index is 3.70. The number of nitrogens with one attached hydrogen (secondary N) is 1. The van der Waals surface area contributed by atoms with Crippen molar-refractivity contribution < 1.29 is 0 Å². The fraction of sp³-hybridized carbons (Fsp3) is 0. The average Bonchev–Trinajstić information content (AvgIpc) is 3.16. The second-order valence-electron chi connectivity index (χ2n) is 8.28. The van der Waals surface area contributed by atoms with Crippen molar-refractivity contribution in [2.24, 2.45) is 0 Å². The Morgan fingerprint density at radius 2 is 1.10 bits per heavy atom. The Morgan fingerprint density at radius 3 is 2.00 bits per heavy atom. The quantitative estimate of drug-likeness (QED) is 0.290. The van der Waals surface area contributed by atoms with Crippen molar-refractivity contribution >= 4 is 43.7 Å². The van der Waals surface area contributed by atoms with Gasteiger partial charge < -0.3 is 5.32 Å². The van der Waals surface area contributed by atoms with Crippen molar-refractivity contribution in [1.82, 2.24) is 0 Å². The first-order valence-electron chi connectivity index (χ1n) is 10.7. The topological polar surface area (TPSA) is 12.0 Å². The summed E-state index contributed by atoms with van der Waals surface area (Å²) < 4.78 is 0. The Morgan fingerprint density at radius 1 is 0.419 bits per heavy atom. The standard InChI is InChI=1S/C30H19N/c1-2-7-22-19(6-1)12-13-20-18-21(14-15-23(20)22)31-29-17-16-27-25-9-4-3-8-24(25)26-10-5-11-28(29)30(26)27/h1-18,31H. The molecule has 0 aromatic heterocycles. The van der Waals surface area contributed by atoms with Crippen LogP contribution in [0.5, 0.6) is 0 Å². The zero-order valence-electron chi connectivity index (χ0n) is 16.9. The minimum atomic E-state index is 1.11. The van der Waals surface area contributed by atoms with E-state index in [0.29, 0.717) is 0 Å². The Labute approximate surface area is 180 Å². The molecule has 6 aromatic carbocycles. The predicted octanol–water partition coefficient (Wildman–Crippen LogP) is 8.54. The smallest absolute Gasteiger partial charge is 0.0464 e. The van der Waals surface area contributed by atoms with Crippen LogP contribution in [-0.4, -0.2) is 0 Å². The van der Waals surface area contributed by atoms with E-state index in [2.05, 4.69) is 115 Å². The highest BCUT2D eigenvalue weighted by atomic mass is 14.9. The van der Waals surface area contributed by atoms with Crippen LogP contribution in [0, 0.1) is 0 Å². The molecule has 144 valence electrons. The lowest BCUT2D eigenvalue weighted by atomic mass is 10.0. The minimum Gasteiger partial charge on any atom is -0.355 e. The monoisotopic (exact) mass is 393 g/mol. The number of rotatable bonds is 2. The molecule has 0 unspecified atom stereocenters. The molecule has 0 aliphatic heterocycles. The van der Waals surface area contributed by atoms with E-state index < -0.39 is 0 Å². The Hall–Kier alpha value is -4.10. The maximum Gasteiger partial charge on any atom is 0.0464 e. The Balaban J connectivity index is 1.37. The molecule has 0 saturated heterocycles. The summed E-state index contributed by atoms with van der Waals surface area (Å²) in [5, 5.41) is 11.4. The molecule has 7 rings (SSSR count). The molecule has 0 amide bonds. The second kappa shape index (κ2) is 6.20. The van der Waals surface area contributed by atoms with E-state index in [9.17, 15) is 0 Å². The summed E-state index contributed by atoms with van der Waals surface area (Å²) in [5.41, 5.74) is 7.58. The molecule has 0 fully saturated rings. The first-order valence-corrected chi connectivity index (χ1v) is 10.7. The van der Waals surface area contributed by atoms with Crippen molar-refractivity contribution in [2.45, 2.75) is 0 Å². The lowest BCUT2D eigenvalue weighted by Gasteiger charge is -2.13. The number of benzene rings is 6. The molecule has 0 saturated carbocycles. The molecule has 1 aliphatic rings. The van der Waals surface area contributed by atoms with Gasteiger partial charge in [-0.3, -0.25) is 0 Å². The first kappa shape index (κ1) is 16.7. The van der Waals surface area contributed by atoms with Crippen LogP contribution in [-0.2, 0) is 0 Å². The lowest BCUT2D eigenvalue weighted by Crippen LogP contribution is -1.92. The number of fused-ring (bicyclic) bond motifs is 6. The first-order chi connectivity index (χ1) is 15.4. The van der Waals surface area contributed by atoms with Gasteiger partial charge in [-0.15, -0.1) is 0 Å². The second-order valence-corrected chi connectivity index (χ2v) is 8.28. The van der Waals surface area contributed by atoms with Gasteiger partial charge in [0, 0.05) is 16.8 Å². The van der Waals surface area contributed by atoms with Gasteiger partial charge in [0.05, 0.1) is 0 Å².